The van der Waals surface area contributed by atoms with Crippen LogP contribution in [0.15, 0.2) is 53.4 Å². The Balaban J connectivity index is 2.16. The molecule has 0 aliphatic carbocycles. The van der Waals surface area contributed by atoms with Crippen LogP contribution in [0.25, 0.3) is 0 Å². The maximum Gasteiger partial charge on any atom is 0.256 e. The molecule has 0 aliphatic heterocycles. The lowest BCUT2D eigenvalue weighted by Gasteiger charge is -2.13. The van der Waals surface area contributed by atoms with E-state index in [1.807, 2.05) is 0 Å². The van der Waals surface area contributed by atoms with Crippen molar-refractivity contribution in [2.75, 3.05) is 25.6 Å². The van der Waals surface area contributed by atoms with E-state index in [0.717, 1.165) is 0 Å². The molecule has 7 heteroatoms. The number of rotatable bonds is 8. The molecule has 0 aromatic heterocycles. The first-order valence-corrected chi connectivity index (χ1v) is 9.77. The number of sulfone groups is 1. The zero-order chi connectivity index (χ0) is 19.2. The van der Waals surface area contributed by atoms with Crippen LogP contribution < -0.4 is 10.1 Å². The van der Waals surface area contributed by atoms with Crippen LogP contribution in [0.1, 0.15) is 24.2 Å². The second kappa shape index (κ2) is 8.82. The van der Waals surface area contributed by atoms with Crippen molar-refractivity contribution in [2.45, 2.75) is 24.0 Å². The van der Waals surface area contributed by atoms with Crippen LogP contribution in [0, 0.1) is 0 Å². The van der Waals surface area contributed by atoms with Gasteiger partial charge in [-0.05, 0) is 50.2 Å². The van der Waals surface area contributed by atoms with E-state index in [4.69, 9.17) is 9.47 Å². The topological polar surface area (TPSA) is 81.7 Å². The molecule has 140 valence electrons. The minimum atomic E-state index is -3.56. The Hall–Kier alpha value is -2.38. The Labute approximate surface area is 154 Å². The monoisotopic (exact) mass is 377 g/mol. The summed E-state index contributed by atoms with van der Waals surface area (Å²) >= 11 is 0. The summed E-state index contributed by atoms with van der Waals surface area (Å²) in [7, 11) is -1.96. The summed E-state index contributed by atoms with van der Waals surface area (Å²) in [6, 6.07) is 13.0. The third-order valence-corrected chi connectivity index (χ3v) is 5.94. The molecule has 0 atom stereocenters. The molecule has 0 fully saturated rings. The SMILES string of the molecule is COCCOc1ccc(NC(=O)c2ccccc2S(=O)(=O)C(C)C)cc1. The van der Waals surface area contributed by atoms with E-state index in [9.17, 15) is 13.2 Å². The molecule has 1 amide bonds. The number of benzene rings is 2. The van der Waals surface area contributed by atoms with Gasteiger partial charge in [0.2, 0.25) is 0 Å². The quantitative estimate of drug-likeness (QED) is 0.715. The molecule has 2 aromatic rings. The van der Waals surface area contributed by atoms with E-state index < -0.39 is 21.0 Å². The van der Waals surface area contributed by atoms with Crippen molar-refractivity contribution in [3.05, 3.63) is 54.1 Å². The summed E-state index contributed by atoms with van der Waals surface area (Å²) in [5.74, 6) is 0.181. The molecule has 0 spiro atoms. The third kappa shape index (κ3) is 4.83. The molecule has 0 saturated heterocycles. The van der Waals surface area contributed by atoms with E-state index in [1.165, 1.54) is 12.1 Å². The standard InChI is InChI=1S/C19H23NO5S/c1-14(2)26(22,23)18-7-5-4-6-17(18)19(21)20-15-8-10-16(11-9-15)25-13-12-24-3/h4-11,14H,12-13H2,1-3H3,(H,20,21). The molecule has 0 unspecified atom stereocenters. The van der Waals surface area contributed by atoms with Gasteiger partial charge in [-0.3, -0.25) is 4.79 Å². The molecule has 0 heterocycles. The molecule has 6 nitrogen and oxygen atoms in total. The van der Waals surface area contributed by atoms with Crippen LogP contribution >= 0.6 is 0 Å². The van der Waals surface area contributed by atoms with E-state index >= 15 is 0 Å². The van der Waals surface area contributed by atoms with Gasteiger partial charge in [0.25, 0.3) is 5.91 Å². The van der Waals surface area contributed by atoms with Crippen LogP contribution in [-0.2, 0) is 14.6 Å². The van der Waals surface area contributed by atoms with Gasteiger partial charge in [0.1, 0.15) is 12.4 Å². The Kier molecular flexibility index (Phi) is 6.76. The average molecular weight is 377 g/mol. The fourth-order valence-electron chi connectivity index (χ4n) is 2.23. The van der Waals surface area contributed by atoms with Gasteiger partial charge in [-0.25, -0.2) is 8.42 Å². The van der Waals surface area contributed by atoms with Crippen molar-refractivity contribution in [3.8, 4) is 5.75 Å². The molecular formula is C19H23NO5S. The van der Waals surface area contributed by atoms with Gasteiger partial charge in [-0.15, -0.1) is 0 Å². The Bertz CT molecular complexity index is 844. The van der Waals surface area contributed by atoms with Crippen molar-refractivity contribution in [1.29, 1.82) is 0 Å². The highest BCUT2D eigenvalue weighted by Gasteiger charge is 2.25. The van der Waals surface area contributed by atoms with Gasteiger partial charge >= 0.3 is 0 Å². The number of hydrogen-bond donors (Lipinski definition) is 1. The van der Waals surface area contributed by atoms with Gasteiger partial charge in [0.05, 0.1) is 22.3 Å². The maximum absolute atomic E-state index is 12.6. The van der Waals surface area contributed by atoms with Crippen LogP contribution in [0.4, 0.5) is 5.69 Å². The van der Waals surface area contributed by atoms with Crippen LogP contribution in [0.3, 0.4) is 0 Å². The predicted molar refractivity (Wildman–Crippen MR) is 101 cm³/mol. The third-order valence-electron chi connectivity index (χ3n) is 3.73. The molecule has 1 N–H and O–H groups in total. The zero-order valence-electron chi connectivity index (χ0n) is 15.1. The van der Waals surface area contributed by atoms with Crippen LogP contribution in [0.2, 0.25) is 0 Å². The van der Waals surface area contributed by atoms with Crippen LogP contribution in [0.5, 0.6) is 5.75 Å². The van der Waals surface area contributed by atoms with Crippen molar-refractivity contribution < 1.29 is 22.7 Å². The Morgan fingerprint density at radius 2 is 1.69 bits per heavy atom. The fourth-order valence-corrected chi connectivity index (χ4v) is 3.48. The van der Waals surface area contributed by atoms with Gasteiger partial charge < -0.3 is 14.8 Å². The van der Waals surface area contributed by atoms with Crippen molar-refractivity contribution in [1.82, 2.24) is 0 Å². The number of nitrogens with one attached hydrogen (secondary N) is 1. The second-order valence-corrected chi connectivity index (χ2v) is 8.38. The normalized spacial score (nSPS) is 11.4. The molecule has 2 rings (SSSR count). The van der Waals surface area contributed by atoms with Crippen LogP contribution in [-0.4, -0.2) is 39.9 Å². The molecule has 0 aliphatic rings. The summed E-state index contributed by atoms with van der Waals surface area (Å²) in [4.78, 5) is 12.6. The lowest BCUT2D eigenvalue weighted by molar-refractivity contribution is 0.102. The van der Waals surface area contributed by atoms with Gasteiger partial charge in [0.15, 0.2) is 9.84 Å². The highest BCUT2D eigenvalue weighted by Crippen LogP contribution is 2.22. The molecule has 0 saturated carbocycles. The minimum Gasteiger partial charge on any atom is -0.491 e. The van der Waals surface area contributed by atoms with Gasteiger partial charge in [-0.2, -0.15) is 0 Å². The first-order chi connectivity index (χ1) is 12.4. The van der Waals surface area contributed by atoms with E-state index in [1.54, 1.807) is 57.4 Å². The number of ether oxygens (including phenoxy) is 2. The largest absolute Gasteiger partial charge is 0.491 e. The molecule has 0 bridgehead atoms. The van der Waals surface area contributed by atoms with E-state index in [2.05, 4.69) is 5.32 Å². The summed E-state index contributed by atoms with van der Waals surface area (Å²) in [5, 5.41) is 2.11. The first-order valence-electron chi connectivity index (χ1n) is 8.22. The smallest absolute Gasteiger partial charge is 0.256 e. The van der Waals surface area contributed by atoms with Gasteiger partial charge in [0, 0.05) is 12.8 Å². The second-order valence-electron chi connectivity index (χ2n) is 5.91. The highest BCUT2D eigenvalue weighted by atomic mass is 32.2. The molecule has 0 radical (unpaired) electrons. The fraction of sp³-hybridized carbons (Fsp3) is 0.316. The summed E-state index contributed by atoms with van der Waals surface area (Å²) < 4.78 is 35.3. The van der Waals surface area contributed by atoms with Crippen molar-refractivity contribution in [3.63, 3.8) is 0 Å². The first kappa shape index (κ1) is 19.9. The Morgan fingerprint density at radius 1 is 1.04 bits per heavy atom. The number of carbonyl (C=O) groups is 1. The van der Waals surface area contributed by atoms with E-state index in [0.29, 0.717) is 24.7 Å². The number of amides is 1. The molecular weight excluding hydrogens is 354 g/mol. The average Bonchev–Trinajstić information content (AvgIpc) is 2.63. The number of anilines is 1. The summed E-state index contributed by atoms with van der Waals surface area (Å²) in [5.41, 5.74) is 0.674. The van der Waals surface area contributed by atoms with Crippen molar-refractivity contribution in [2.24, 2.45) is 0 Å². The highest BCUT2D eigenvalue weighted by molar-refractivity contribution is 7.92. The zero-order valence-corrected chi connectivity index (χ0v) is 15.9. The lowest BCUT2D eigenvalue weighted by Crippen LogP contribution is -2.20. The molecule has 26 heavy (non-hydrogen) atoms. The summed E-state index contributed by atoms with van der Waals surface area (Å²) in [6.07, 6.45) is 0. The number of methoxy groups -OCH3 is 1. The van der Waals surface area contributed by atoms with Gasteiger partial charge in [-0.1, -0.05) is 12.1 Å². The summed E-state index contributed by atoms with van der Waals surface area (Å²) in [6.45, 7) is 4.10. The predicted octanol–water partition coefficient (Wildman–Crippen LogP) is 3.15. The van der Waals surface area contributed by atoms with E-state index in [-0.39, 0.29) is 10.5 Å². The number of carbonyl (C=O) groups excluding carboxylic acids is 1. The lowest BCUT2D eigenvalue weighted by atomic mass is 10.2. The maximum atomic E-state index is 12.6. The molecule has 2 aromatic carbocycles. The number of hydrogen-bond acceptors (Lipinski definition) is 5. The Morgan fingerprint density at radius 3 is 2.31 bits per heavy atom. The van der Waals surface area contributed by atoms with Crippen molar-refractivity contribution >= 4 is 21.4 Å². The minimum absolute atomic E-state index is 0.0343.